The second-order valence-electron chi connectivity index (χ2n) is 5.50. The smallest absolute Gasteiger partial charge is 0.418 e. The first kappa shape index (κ1) is 21.9. The van der Waals surface area contributed by atoms with Crippen molar-refractivity contribution in [2.24, 2.45) is 0 Å². The first-order chi connectivity index (χ1) is 13.7. The summed E-state index contributed by atoms with van der Waals surface area (Å²) in [6, 6.07) is 9.03. The van der Waals surface area contributed by atoms with Gasteiger partial charge in [-0.05, 0) is 12.1 Å². The van der Waals surface area contributed by atoms with Gasteiger partial charge in [-0.15, -0.1) is 0 Å². The van der Waals surface area contributed by atoms with Gasteiger partial charge >= 0.3 is 6.18 Å². The van der Waals surface area contributed by atoms with Gasteiger partial charge in [0.25, 0.3) is 5.91 Å². The van der Waals surface area contributed by atoms with Crippen molar-refractivity contribution in [1.82, 2.24) is 0 Å². The maximum absolute atomic E-state index is 13.1. The van der Waals surface area contributed by atoms with Crippen molar-refractivity contribution < 1.29 is 27.4 Å². The van der Waals surface area contributed by atoms with Gasteiger partial charge in [-0.2, -0.15) is 18.4 Å². The van der Waals surface area contributed by atoms with Crippen LogP contribution in [0.1, 0.15) is 5.56 Å². The third-order valence-electron chi connectivity index (χ3n) is 3.69. The van der Waals surface area contributed by atoms with Crippen LogP contribution in [0.25, 0.3) is 0 Å². The van der Waals surface area contributed by atoms with Crippen LogP contribution in [-0.2, 0) is 11.0 Å². The molecule has 152 valence electrons. The highest BCUT2D eigenvalue weighted by Gasteiger charge is 2.33. The maximum atomic E-state index is 13.1. The average molecular weight is 426 g/mol. The van der Waals surface area contributed by atoms with Crippen LogP contribution in [0.4, 0.5) is 24.5 Å². The lowest BCUT2D eigenvalue weighted by Gasteiger charge is -2.14. The molecular formula is C19H15ClF3N3O3. The molecule has 0 spiro atoms. The molecule has 0 radical (unpaired) electrons. The largest absolute Gasteiger partial charge is 0.495 e. The number of nitrogens with one attached hydrogen (secondary N) is 2. The van der Waals surface area contributed by atoms with E-state index in [9.17, 15) is 23.2 Å². The summed E-state index contributed by atoms with van der Waals surface area (Å²) in [5.41, 5.74) is -1.62. The van der Waals surface area contributed by atoms with Crippen molar-refractivity contribution in [3.63, 3.8) is 0 Å². The van der Waals surface area contributed by atoms with Gasteiger partial charge in [-0.25, -0.2) is 0 Å². The van der Waals surface area contributed by atoms with Crippen molar-refractivity contribution >= 4 is 28.9 Å². The summed E-state index contributed by atoms with van der Waals surface area (Å²) in [6.07, 6.45) is -3.62. The molecule has 0 aliphatic heterocycles. The van der Waals surface area contributed by atoms with Gasteiger partial charge in [0.15, 0.2) is 0 Å². The van der Waals surface area contributed by atoms with E-state index in [1.165, 1.54) is 38.5 Å². The Labute approximate surface area is 169 Å². The van der Waals surface area contributed by atoms with Crippen molar-refractivity contribution in [2.45, 2.75) is 6.18 Å². The van der Waals surface area contributed by atoms with Crippen LogP contribution >= 0.6 is 11.6 Å². The summed E-state index contributed by atoms with van der Waals surface area (Å²) in [5, 5.41) is 14.3. The van der Waals surface area contributed by atoms with Crippen LogP contribution in [0.3, 0.4) is 0 Å². The molecule has 0 bridgehead atoms. The van der Waals surface area contributed by atoms with Crippen LogP contribution in [-0.4, -0.2) is 20.1 Å². The van der Waals surface area contributed by atoms with E-state index in [0.29, 0.717) is 17.2 Å². The number of halogens is 4. The number of carbonyl (C=O) groups excluding carboxylic acids is 1. The minimum Gasteiger partial charge on any atom is -0.495 e. The van der Waals surface area contributed by atoms with Crippen molar-refractivity contribution in [3.8, 4) is 17.6 Å². The molecule has 0 aromatic heterocycles. The highest BCUT2D eigenvalue weighted by Crippen LogP contribution is 2.36. The summed E-state index contributed by atoms with van der Waals surface area (Å²) >= 11 is 6.01. The number of nitriles is 1. The number of para-hydroxylation sites is 1. The van der Waals surface area contributed by atoms with Gasteiger partial charge in [0.2, 0.25) is 0 Å². The van der Waals surface area contributed by atoms with Crippen LogP contribution < -0.4 is 20.1 Å². The number of alkyl halides is 3. The Hall–Kier alpha value is -3.38. The Kier molecular flexibility index (Phi) is 6.96. The minimum atomic E-state index is -4.66. The van der Waals surface area contributed by atoms with Gasteiger partial charge in [0.05, 0.1) is 36.2 Å². The Bertz CT molecular complexity index is 985. The molecule has 2 aromatic rings. The minimum absolute atomic E-state index is 0.279. The van der Waals surface area contributed by atoms with E-state index in [0.717, 1.165) is 18.3 Å². The summed E-state index contributed by atoms with van der Waals surface area (Å²) in [6.45, 7) is 0. The fourth-order valence-corrected chi connectivity index (χ4v) is 2.53. The first-order valence-corrected chi connectivity index (χ1v) is 8.35. The van der Waals surface area contributed by atoms with Gasteiger partial charge in [-0.3, -0.25) is 4.79 Å². The molecule has 10 heteroatoms. The molecule has 6 nitrogen and oxygen atoms in total. The molecule has 2 rings (SSSR count). The van der Waals surface area contributed by atoms with Crippen molar-refractivity contribution in [2.75, 3.05) is 24.9 Å². The van der Waals surface area contributed by atoms with Crippen LogP contribution in [0.2, 0.25) is 5.02 Å². The maximum Gasteiger partial charge on any atom is 0.418 e. The molecule has 29 heavy (non-hydrogen) atoms. The topological polar surface area (TPSA) is 83.4 Å². The highest BCUT2D eigenvalue weighted by molar-refractivity contribution is 6.32. The Balaban J connectivity index is 2.28. The van der Waals surface area contributed by atoms with Gasteiger partial charge < -0.3 is 20.1 Å². The number of nitrogens with zero attached hydrogens (tertiary/aromatic N) is 1. The van der Waals surface area contributed by atoms with Crippen LogP contribution in [0.5, 0.6) is 11.5 Å². The lowest BCUT2D eigenvalue weighted by Crippen LogP contribution is -2.18. The standard InChI is InChI=1S/C19H15ClF3N3O3/c1-28-16-8-15(17(29-2)7-13(16)20)25-10-11(9-24)18(27)26-14-6-4-3-5-12(14)19(21,22)23/h3-8,10,25H,1-2H3,(H,26,27)/b11-10-. The predicted molar refractivity (Wildman–Crippen MR) is 102 cm³/mol. The molecule has 0 heterocycles. The van der Waals surface area contributed by atoms with E-state index in [4.69, 9.17) is 21.1 Å². The molecule has 0 aliphatic carbocycles. The molecule has 0 fully saturated rings. The van der Waals surface area contributed by atoms with E-state index in [-0.39, 0.29) is 5.02 Å². The summed E-state index contributed by atoms with van der Waals surface area (Å²) < 4.78 is 49.4. The number of rotatable bonds is 6. The molecule has 2 N–H and O–H groups in total. The monoisotopic (exact) mass is 425 g/mol. The van der Waals surface area contributed by atoms with Crippen molar-refractivity contribution in [3.05, 3.63) is 58.8 Å². The quantitative estimate of drug-likeness (QED) is 0.511. The normalized spacial score (nSPS) is 11.4. The fraction of sp³-hybridized carbons (Fsp3) is 0.158. The van der Waals surface area contributed by atoms with Gasteiger partial charge in [-0.1, -0.05) is 23.7 Å². The summed E-state index contributed by atoms with van der Waals surface area (Å²) in [4.78, 5) is 12.3. The van der Waals surface area contributed by atoms with Gasteiger partial charge in [0, 0.05) is 18.3 Å². The SMILES string of the molecule is COc1cc(N/C=C(/C#N)C(=O)Nc2ccccc2C(F)(F)F)c(OC)cc1Cl. The number of hydrogen-bond donors (Lipinski definition) is 2. The fourth-order valence-electron chi connectivity index (χ4n) is 2.30. The molecule has 0 saturated carbocycles. The zero-order chi connectivity index (χ0) is 21.6. The summed E-state index contributed by atoms with van der Waals surface area (Å²) in [5.74, 6) is -0.408. The lowest BCUT2D eigenvalue weighted by molar-refractivity contribution is -0.137. The lowest BCUT2D eigenvalue weighted by atomic mass is 10.1. The van der Waals surface area contributed by atoms with E-state index in [2.05, 4.69) is 10.6 Å². The molecule has 0 saturated heterocycles. The number of anilines is 2. The van der Waals surface area contributed by atoms with E-state index < -0.39 is 28.9 Å². The zero-order valence-corrected chi connectivity index (χ0v) is 16.0. The Morgan fingerprint density at radius 2 is 1.79 bits per heavy atom. The van der Waals surface area contributed by atoms with E-state index >= 15 is 0 Å². The predicted octanol–water partition coefficient (Wildman–Crippen LogP) is 4.83. The van der Waals surface area contributed by atoms with E-state index in [1.54, 1.807) is 6.07 Å². The second kappa shape index (κ2) is 9.21. The second-order valence-corrected chi connectivity index (χ2v) is 5.91. The zero-order valence-electron chi connectivity index (χ0n) is 15.2. The third kappa shape index (κ3) is 5.33. The molecule has 1 amide bonds. The van der Waals surface area contributed by atoms with Crippen LogP contribution in [0.15, 0.2) is 48.2 Å². The Morgan fingerprint density at radius 1 is 1.14 bits per heavy atom. The van der Waals surface area contributed by atoms with Gasteiger partial charge in [0.1, 0.15) is 23.1 Å². The summed E-state index contributed by atoms with van der Waals surface area (Å²) in [7, 11) is 2.79. The molecule has 0 unspecified atom stereocenters. The number of carbonyl (C=O) groups is 1. The number of hydrogen-bond acceptors (Lipinski definition) is 5. The molecular weight excluding hydrogens is 411 g/mol. The van der Waals surface area contributed by atoms with Crippen molar-refractivity contribution in [1.29, 1.82) is 5.26 Å². The molecule has 0 atom stereocenters. The number of methoxy groups -OCH3 is 2. The number of ether oxygens (including phenoxy) is 2. The highest BCUT2D eigenvalue weighted by atomic mass is 35.5. The molecule has 0 aliphatic rings. The van der Waals surface area contributed by atoms with E-state index in [1.807, 2.05) is 0 Å². The Morgan fingerprint density at radius 3 is 2.38 bits per heavy atom. The molecule has 2 aromatic carbocycles. The first-order valence-electron chi connectivity index (χ1n) is 7.97. The van der Waals surface area contributed by atoms with Crippen LogP contribution in [0, 0.1) is 11.3 Å². The number of amides is 1. The third-order valence-corrected chi connectivity index (χ3v) is 3.99. The average Bonchev–Trinajstić information content (AvgIpc) is 2.68. The number of benzene rings is 2.